The molecule has 2 aromatic carbocycles. The van der Waals surface area contributed by atoms with E-state index in [2.05, 4.69) is 0 Å². The number of carbonyl (C=O) groups excluding carboxylic acids is 1. The molecule has 1 N–H and O–H groups in total. The Hall–Kier alpha value is -2.13. The van der Waals surface area contributed by atoms with Crippen LogP contribution in [0.1, 0.15) is 23.2 Å². The van der Waals surface area contributed by atoms with Crippen molar-refractivity contribution < 1.29 is 14.7 Å². The maximum Gasteiger partial charge on any atom is 0.303 e. The zero-order valence-electron chi connectivity index (χ0n) is 10.7. The van der Waals surface area contributed by atoms with Crippen LogP contribution >= 0.6 is 11.6 Å². The molecular formula is C16H13ClO3. The minimum absolute atomic E-state index is 0.00130. The lowest BCUT2D eigenvalue weighted by molar-refractivity contribution is -0.136. The molecular weight excluding hydrogens is 276 g/mol. The molecule has 0 bridgehead atoms. The summed E-state index contributed by atoms with van der Waals surface area (Å²) >= 11 is 6.13. The largest absolute Gasteiger partial charge is 0.481 e. The first-order chi connectivity index (χ1) is 9.58. The average Bonchev–Trinajstić information content (AvgIpc) is 2.45. The number of hydrogen-bond acceptors (Lipinski definition) is 2. The number of ketones is 1. The molecule has 2 aromatic rings. The van der Waals surface area contributed by atoms with Crippen LogP contribution in [-0.2, 0) is 4.79 Å². The lowest BCUT2D eigenvalue weighted by Gasteiger charge is -2.06. The second-order valence-electron chi connectivity index (χ2n) is 4.38. The fourth-order valence-corrected chi connectivity index (χ4v) is 2.17. The van der Waals surface area contributed by atoms with Gasteiger partial charge in [-0.05, 0) is 17.7 Å². The van der Waals surface area contributed by atoms with Crippen LogP contribution in [0.25, 0.3) is 11.1 Å². The number of benzene rings is 2. The molecule has 0 radical (unpaired) electrons. The molecule has 3 nitrogen and oxygen atoms in total. The Morgan fingerprint density at radius 3 is 2.45 bits per heavy atom. The number of rotatable bonds is 5. The Morgan fingerprint density at radius 2 is 1.75 bits per heavy atom. The highest BCUT2D eigenvalue weighted by Crippen LogP contribution is 2.28. The minimum atomic E-state index is -0.972. The van der Waals surface area contributed by atoms with Gasteiger partial charge in [0.25, 0.3) is 0 Å². The second-order valence-corrected chi connectivity index (χ2v) is 4.78. The molecule has 2 rings (SSSR count). The van der Waals surface area contributed by atoms with Gasteiger partial charge in [-0.2, -0.15) is 0 Å². The van der Waals surface area contributed by atoms with Crippen molar-refractivity contribution in [1.82, 2.24) is 0 Å². The van der Waals surface area contributed by atoms with Crippen molar-refractivity contribution in [3.63, 3.8) is 0 Å². The lowest BCUT2D eigenvalue weighted by Crippen LogP contribution is -2.03. The van der Waals surface area contributed by atoms with Gasteiger partial charge in [0.2, 0.25) is 0 Å². The highest BCUT2D eigenvalue weighted by atomic mass is 35.5. The molecule has 4 heteroatoms. The topological polar surface area (TPSA) is 54.4 Å². The Kier molecular flexibility index (Phi) is 4.53. The third-order valence-corrected chi connectivity index (χ3v) is 3.26. The summed E-state index contributed by atoms with van der Waals surface area (Å²) in [6.45, 7) is 0. The van der Waals surface area contributed by atoms with Crippen LogP contribution in [0, 0.1) is 0 Å². The molecule has 0 unspecified atom stereocenters. The molecule has 0 amide bonds. The SMILES string of the molecule is O=C(O)CCC(=O)c1cccc(-c2ccccc2Cl)c1. The van der Waals surface area contributed by atoms with E-state index < -0.39 is 5.97 Å². The van der Waals surface area contributed by atoms with E-state index in [-0.39, 0.29) is 18.6 Å². The molecule has 0 saturated heterocycles. The van der Waals surface area contributed by atoms with Crippen molar-refractivity contribution in [2.45, 2.75) is 12.8 Å². The lowest BCUT2D eigenvalue weighted by atomic mass is 9.99. The van der Waals surface area contributed by atoms with Crippen molar-refractivity contribution in [2.24, 2.45) is 0 Å². The van der Waals surface area contributed by atoms with Gasteiger partial charge in [0, 0.05) is 22.6 Å². The van der Waals surface area contributed by atoms with E-state index in [9.17, 15) is 9.59 Å². The van der Waals surface area contributed by atoms with E-state index >= 15 is 0 Å². The number of carboxylic acids is 1. The van der Waals surface area contributed by atoms with Crippen LogP contribution in [0.2, 0.25) is 5.02 Å². The fraction of sp³-hybridized carbons (Fsp3) is 0.125. The third kappa shape index (κ3) is 3.45. The third-order valence-electron chi connectivity index (χ3n) is 2.94. The van der Waals surface area contributed by atoms with E-state index in [1.165, 1.54) is 0 Å². The molecule has 0 spiro atoms. The van der Waals surface area contributed by atoms with Gasteiger partial charge in [-0.15, -0.1) is 0 Å². The normalized spacial score (nSPS) is 10.2. The van der Waals surface area contributed by atoms with E-state index in [0.717, 1.165) is 11.1 Å². The summed E-state index contributed by atoms with van der Waals surface area (Å²) in [5.74, 6) is -1.15. The summed E-state index contributed by atoms with van der Waals surface area (Å²) in [5.41, 5.74) is 2.20. The molecule has 0 fully saturated rings. The molecule has 20 heavy (non-hydrogen) atoms. The van der Waals surface area contributed by atoms with Gasteiger partial charge >= 0.3 is 5.97 Å². The number of Topliss-reactive ketones (excluding diaryl/α,β-unsaturated/α-hetero) is 1. The van der Waals surface area contributed by atoms with Crippen molar-refractivity contribution in [1.29, 1.82) is 0 Å². The Bertz CT molecular complexity index is 650. The molecule has 0 heterocycles. The number of hydrogen-bond donors (Lipinski definition) is 1. The Morgan fingerprint density at radius 1 is 1.00 bits per heavy atom. The second kappa shape index (κ2) is 6.35. The predicted octanol–water partition coefficient (Wildman–Crippen LogP) is 4.05. The minimum Gasteiger partial charge on any atom is -0.481 e. The van der Waals surface area contributed by atoms with Crippen LogP contribution < -0.4 is 0 Å². The van der Waals surface area contributed by atoms with Crippen LogP contribution in [0.3, 0.4) is 0 Å². The first kappa shape index (κ1) is 14.3. The van der Waals surface area contributed by atoms with Gasteiger partial charge in [-0.25, -0.2) is 0 Å². The van der Waals surface area contributed by atoms with Gasteiger partial charge in [-0.1, -0.05) is 48.0 Å². The smallest absolute Gasteiger partial charge is 0.303 e. The number of halogens is 1. The summed E-state index contributed by atoms with van der Waals surface area (Å²) in [6.07, 6.45) is -0.156. The Balaban J connectivity index is 2.27. The van der Waals surface area contributed by atoms with E-state index in [1.54, 1.807) is 24.3 Å². The molecule has 102 valence electrons. The van der Waals surface area contributed by atoms with Crippen molar-refractivity contribution in [3.8, 4) is 11.1 Å². The van der Waals surface area contributed by atoms with E-state index in [0.29, 0.717) is 10.6 Å². The van der Waals surface area contributed by atoms with Gasteiger partial charge in [-0.3, -0.25) is 9.59 Å². The highest BCUT2D eigenvalue weighted by Gasteiger charge is 2.10. The van der Waals surface area contributed by atoms with Gasteiger partial charge < -0.3 is 5.11 Å². The van der Waals surface area contributed by atoms with Gasteiger partial charge in [0.1, 0.15) is 0 Å². The molecule has 0 aliphatic carbocycles. The van der Waals surface area contributed by atoms with Crippen LogP contribution in [0.5, 0.6) is 0 Å². The summed E-state index contributed by atoms with van der Waals surface area (Å²) in [6, 6.07) is 14.4. The predicted molar refractivity (Wildman–Crippen MR) is 78.1 cm³/mol. The zero-order chi connectivity index (χ0) is 14.5. The number of aliphatic carboxylic acids is 1. The highest BCUT2D eigenvalue weighted by molar-refractivity contribution is 6.33. The molecule has 0 saturated carbocycles. The maximum absolute atomic E-state index is 11.9. The summed E-state index contributed by atoms with van der Waals surface area (Å²) < 4.78 is 0. The summed E-state index contributed by atoms with van der Waals surface area (Å²) in [7, 11) is 0. The summed E-state index contributed by atoms with van der Waals surface area (Å²) in [4.78, 5) is 22.4. The van der Waals surface area contributed by atoms with Gasteiger partial charge in [0.05, 0.1) is 6.42 Å². The monoisotopic (exact) mass is 288 g/mol. The molecule has 0 aromatic heterocycles. The van der Waals surface area contributed by atoms with Crippen LogP contribution in [0.4, 0.5) is 0 Å². The van der Waals surface area contributed by atoms with Crippen molar-refractivity contribution in [2.75, 3.05) is 0 Å². The first-order valence-corrected chi connectivity index (χ1v) is 6.55. The van der Waals surface area contributed by atoms with E-state index in [4.69, 9.17) is 16.7 Å². The Labute approximate surface area is 121 Å². The number of carbonyl (C=O) groups is 2. The van der Waals surface area contributed by atoms with Crippen molar-refractivity contribution >= 4 is 23.4 Å². The van der Waals surface area contributed by atoms with Crippen molar-refractivity contribution in [3.05, 3.63) is 59.1 Å². The molecule has 0 aliphatic heterocycles. The van der Waals surface area contributed by atoms with Gasteiger partial charge in [0.15, 0.2) is 5.78 Å². The maximum atomic E-state index is 11.9. The molecule has 0 aliphatic rings. The zero-order valence-corrected chi connectivity index (χ0v) is 11.4. The summed E-state index contributed by atoms with van der Waals surface area (Å²) in [5, 5.41) is 9.22. The van der Waals surface area contributed by atoms with Crippen LogP contribution in [-0.4, -0.2) is 16.9 Å². The van der Waals surface area contributed by atoms with Crippen LogP contribution in [0.15, 0.2) is 48.5 Å². The first-order valence-electron chi connectivity index (χ1n) is 6.18. The number of carboxylic acid groups (broad SMARTS) is 1. The molecule has 0 atom stereocenters. The quantitative estimate of drug-likeness (QED) is 0.844. The van der Waals surface area contributed by atoms with E-state index in [1.807, 2.05) is 24.3 Å². The average molecular weight is 289 g/mol. The standard InChI is InChI=1S/C16H13ClO3/c17-14-7-2-1-6-13(14)11-4-3-5-12(10-11)15(18)8-9-16(19)20/h1-7,10H,8-9H2,(H,19,20). The fourth-order valence-electron chi connectivity index (χ4n) is 1.92.